The van der Waals surface area contributed by atoms with Gasteiger partial charge in [0.2, 0.25) is 0 Å². The van der Waals surface area contributed by atoms with E-state index in [-0.39, 0.29) is 6.04 Å². The lowest BCUT2D eigenvalue weighted by Crippen LogP contribution is -2.29. The summed E-state index contributed by atoms with van der Waals surface area (Å²) in [6.07, 6.45) is 1.02. The summed E-state index contributed by atoms with van der Waals surface area (Å²) in [4.78, 5) is 4.51. The van der Waals surface area contributed by atoms with Crippen LogP contribution in [0.2, 0.25) is 0 Å². The van der Waals surface area contributed by atoms with Gasteiger partial charge >= 0.3 is 0 Å². The van der Waals surface area contributed by atoms with Crippen LogP contribution < -0.4 is 11.3 Å². The Balaban J connectivity index is 2.43. The second-order valence-corrected chi connectivity index (χ2v) is 4.83. The summed E-state index contributed by atoms with van der Waals surface area (Å²) in [5, 5.41) is 0. The van der Waals surface area contributed by atoms with Gasteiger partial charge in [0.15, 0.2) is 0 Å². The van der Waals surface area contributed by atoms with Crippen molar-refractivity contribution < 1.29 is 0 Å². The minimum Gasteiger partial charge on any atom is -0.271 e. The van der Waals surface area contributed by atoms with E-state index in [1.807, 2.05) is 19.9 Å². The maximum Gasteiger partial charge on any atom is 0.0727 e. The molecular formula is C16H21N3. The van der Waals surface area contributed by atoms with Crippen LogP contribution >= 0.6 is 0 Å². The Bertz CT molecular complexity index is 564. The van der Waals surface area contributed by atoms with Crippen molar-refractivity contribution >= 4 is 0 Å². The van der Waals surface area contributed by atoms with E-state index >= 15 is 0 Å². The lowest BCUT2D eigenvalue weighted by atomic mass is 9.96. The summed E-state index contributed by atoms with van der Waals surface area (Å²) in [7, 11) is 0. The number of pyridine rings is 1. The van der Waals surface area contributed by atoms with Gasteiger partial charge in [-0.2, -0.15) is 0 Å². The zero-order valence-electron chi connectivity index (χ0n) is 11.8. The topological polar surface area (TPSA) is 50.9 Å². The molecule has 1 aromatic heterocycles. The number of benzene rings is 1. The number of nitrogens with one attached hydrogen (secondary N) is 1. The van der Waals surface area contributed by atoms with E-state index < -0.39 is 0 Å². The van der Waals surface area contributed by atoms with Crippen LogP contribution in [-0.2, 0) is 6.42 Å². The Labute approximate surface area is 114 Å². The third-order valence-corrected chi connectivity index (χ3v) is 3.44. The van der Waals surface area contributed by atoms with E-state index in [0.717, 1.165) is 23.4 Å². The average molecular weight is 255 g/mol. The first-order valence-corrected chi connectivity index (χ1v) is 6.64. The highest BCUT2D eigenvalue weighted by Crippen LogP contribution is 2.24. The average Bonchev–Trinajstić information content (AvgIpc) is 2.42. The molecule has 0 aliphatic rings. The highest BCUT2D eigenvalue weighted by molar-refractivity contribution is 5.36. The van der Waals surface area contributed by atoms with Gasteiger partial charge in [0.1, 0.15) is 0 Å². The van der Waals surface area contributed by atoms with Crippen molar-refractivity contribution in [3.63, 3.8) is 0 Å². The molecule has 0 saturated heterocycles. The lowest BCUT2D eigenvalue weighted by molar-refractivity contribution is 0.629. The smallest absolute Gasteiger partial charge is 0.0727 e. The molecule has 0 amide bonds. The Hall–Kier alpha value is -1.71. The molecule has 19 heavy (non-hydrogen) atoms. The zero-order valence-corrected chi connectivity index (χ0v) is 11.8. The van der Waals surface area contributed by atoms with Crippen LogP contribution in [0.3, 0.4) is 0 Å². The molecule has 1 heterocycles. The summed E-state index contributed by atoms with van der Waals surface area (Å²) in [5.41, 5.74) is 8.57. The number of nitrogens with two attached hydrogens (primary N) is 1. The van der Waals surface area contributed by atoms with Crippen molar-refractivity contribution in [2.24, 2.45) is 5.84 Å². The monoisotopic (exact) mass is 255 g/mol. The lowest BCUT2D eigenvalue weighted by Gasteiger charge is -2.19. The maximum atomic E-state index is 5.76. The number of hydrogen-bond donors (Lipinski definition) is 2. The Morgan fingerprint density at radius 2 is 2.00 bits per heavy atom. The van der Waals surface area contributed by atoms with Gasteiger partial charge in [-0.1, -0.05) is 37.3 Å². The number of aromatic nitrogens is 1. The van der Waals surface area contributed by atoms with E-state index in [4.69, 9.17) is 5.84 Å². The fourth-order valence-corrected chi connectivity index (χ4v) is 2.36. The fraction of sp³-hybridized carbons (Fsp3) is 0.312. The van der Waals surface area contributed by atoms with Crippen molar-refractivity contribution in [3.8, 4) is 0 Å². The van der Waals surface area contributed by atoms with E-state index in [2.05, 4.69) is 47.7 Å². The van der Waals surface area contributed by atoms with E-state index in [0.29, 0.717) is 0 Å². The SMILES string of the molecule is CCc1cccc(C(NN)c2ccc(C)nc2C)c1. The highest BCUT2D eigenvalue weighted by Gasteiger charge is 2.15. The molecule has 1 aromatic carbocycles. The summed E-state index contributed by atoms with van der Waals surface area (Å²) < 4.78 is 0. The van der Waals surface area contributed by atoms with E-state index in [1.165, 1.54) is 11.1 Å². The van der Waals surface area contributed by atoms with Crippen LogP contribution in [0.25, 0.3) is 0 Å². The number of hydrazine groups is 1. The third-order valence-electron chi connectivity index (χ3n) is 3.44. The van der Waals surface area contributed by atoms with Crippen molar-refractivity contribution in [1.29, 1.82) is 0 Å². The van der Waals surface area contributed by atoms with Gasteiger partial charge in [-0.15, -0.1) is 0 Å². The minimum atomic E-state index is -0.0143. The second kappa shape index (κ2) is 5.95. The van der Waals surface area contributed by atoms with Crippen molar-refractivity contribution in [1.82, 2.24) is 10.4 Å². The van der Waals surface area contributed by atoms with Gasteiger partial charge in [-0.05, 0) is 43.0 Å². The predicted octanol–water partition coefficient (Wildman–Crippen LogP) is 2.81. The number of aryl methyl sites for hydroxylation is 3. The molecule has 0 aliphatic heterocycles. The van der Waals surface area contributed by atoms with Crippen LogP contribution in [0, 0.1) is 13.8 Å². The fourth-order valence-electron chi connectivity index (χ4n) is 2.36. The molecule has 3 N–H and O–H groups in total. The standard InChI is InChI=1S/C16H21N3/c1-4-13-6-5-7-14(10-13)16(19-17)15-9-8-11(2)18-12(15)3/h5-10,16,19H,4,17H2,1-3H3. The number of rotatable bonds is 4. The van der Waals surface area contributed by atoms with Crippen molar-refractivity contribution in [3.05, 3.63) is 64.5 Å². The van der Waals surface area contributed by atoms with Gasteiger partial charge < -0.3 is 0 Å². The minimum absolute atomic E-state index is 0.0143. The molecule has 1 atom stereocenters. The molecule has 0 bridgehead atoms. The van der Waals surface area contributed by atoms with E-state index in [1.54, 1.807) is 0 Å². The molecule has 0 fully saturated rings. The van der Waals surface area contributed by atoms with Gasteiger partial charge in [0.05, 0.1) is 6.04 Å². The first kappa shape index (κ1) is 13.7. The third kappa shape index (κ3) is 3.00. The molecule has 1 unspecified atom stereocenters. The molecule has 2 aromatic rings. The van der Waals surface area contributed by atoms with Crippen molar-refractivity contribution in [2.45, 2.75) is 33.2 Å². The molecule has 0 aliphatic carbocycles. The largest absolute Gasteiger partial charge is 0.271 e. The highest BCUT2D eigenvalue weighted by atomic mass is 15.2. The van der Waals surface area contributed by atoms with Crippen LogP contribution in [0.1, 0.15) is 41.0 Å². The normalized spacial score (nSPS) is 12.4. The van der Waals surface area contributed by atoms with Crippen LogP contribution in [0.4, 0.5) is 0 Å². The predicted molar refractivity (Wildman–Crippen MR) is 78.7 cm³/mol. The first-order chi connectivity index (χ1) is 9.15. The van der Waals surface area contributed by atoms with Gasteiger partial charge in [-0.3, -0.25) is 10.8 Å². The molecule has 100 valence electrons. The molecule has 0 radical (unpaired) electrons. The zero-order chi connectivity index (χ0) is 13.8. The van der Waals surface area contributed by atoms with Crippen LogP contribution in [0.15, 0.2) is 36.4 Å². The van der Waals surface area contributed by atoms with Crippen LogP contribution in [0.5, 0.6) is 0 Å². The van der Waals surface area contributed by atoms with Gasteiger partial charge in [0, 0.05) is 11.4 Å². The number of nitrogens with zero attached hydrogens (tertiary/aromatic N) is 1. The Morgan fingerprint density at radius 1 is 1.21 bits per heavy atom. The summed E-state index contributed by atoms with van der Waals surface area (Å²) in [5.74, 6) is 5.76. The first-order valence-electron chi connectivity index (χ1n) is 6.64. The van der Waals surface area contributed by atoms with Gasteiger partial charge in [-0.25, -0.2) is 5.43 Å². The second-order valence-electron chi connectivity index (χ2n) is 4.83. The quantitative estimate of drug-likeness (QED) is 0.652. The summed E-state index contributed by atoms with van der Waals surface area (Å²) >= 11 is 0. The molecule has 3 heteroatoms. The van der Waals surface area contributed by atoms with Crippen molar-refractivity contribution in [2.75, 3.05) is 0 Å². The summed E-state index contributed by atoms with van der Waals surface area (Å²) in [6, 6.07) is 12.6. The molecule has 0 saturated carbocycles. The molecule has 0 spiro atoms. The van der Waals surface area contributed by atoms with Crippen LogP contribution in [-0.4, -0.2) is 4.98 Å². The molecular weight excluding hydrogens is 234 g/mol. The maximum absolute atomic E-state index is 5.76. The Morgan fingerprint density at radius 3 is 2.63 bits per heavy atom. The van der Waals surface area contributed by atoms with Gasteiger partial charge in [0.25, 0.3) is 0 Å². The number of hydrogen-bond acceptors (Lipinski definition) is 3. The Kier molecular flexibility index (Phi) is 4.30. The summed E-state index contributed by atoms with van der Waals surface area (Å²) in [6.45, 7) is 6.18. The molecule has 2 rings (SSSR count). The molecule has 3 nitrogen and oxygen atoms in total. The van der Waals surface area contributed by atoms with E-state index in [9.17, 15) is 0 Å².